The second kappa shape index (κ2) is 7.15. The van der Waals surface area contributed by atoms with Crippen LogP contribution in [0.25, 0.3) is 0 Å². The van der Waals surface area contributed by atoms with Gasteiger partial charge in [0, 0.05) is 24.9 Å². The highest BCUT2D eigenvalue weighted by molar-refractivity contribution is 7.99. The third kappa shape index (κ3) is 3.44. The minimum atomic E-state index is 0.368. The molecular formula is C16H22N4OS. The minimum Gasteiger partial charge on any atom is -0.381 e. The monoisotopic (exact) mass is 318 g/mol. The van der Waals surface area contributed by atoms with E-state index in [1.807, 2.05) is 6.07 Å². The number of aromatic nitrogens is 3. The van der Waals surface area contributed by atoms with Gasteiger partial charge in [0.05, 0.1) is 0 Å². The van der Waals surface area contributed by atoms with Crippen molar-refractivity contribution in [2.24, 2.45) is 0 Å². The first-order valence-corrected chi connectivity index (χ1v) is 8.70. The Kier molecular flexibility index (Phi) is 5.00. The maximum atomic E-state index is 6.19. The van der Waals surface area contributed by atoms with Crippen molar-refractivity contribution < 1.29 is 4.74 Å². The summed E-state index contributed by atoms with van der Waals surface area (Å²) in [4.78, 5) is 0. The number of hydrogen-bond acceptors (Lipinski definition) is 5. The van der Waals surface area contributed by atoms with E-state index in [2.05, 4.69) is 41.4 Å². The summed E-state index contributed by atoms with van der Waals surface area (Å²) in [5, 5.41) is 9.36. The maximum Gasteiger partial charge on any atom is 0.209 e. The molecule has 0 aliphatic carbocycles. The average Bonchev–Trinajstić information content (AvgIpc) is 2.95. The van der Waals surface area contributed by atoms with E-state index >= 15 is 0 Å². The van der Waals surface area contributed by atoms with Crippen molar-refractivity contribution in [2.75, 3.05) is 24.8 Å². The number of rotatable bonds is 5. The highest BCUT2D eigenvalue weighted by Gasteiger charge is 2.23. The van der Waals surface area contributed by atoms with Crippen molar-refractivity contribution in [1.29, 1.82) is 0 Å². The summed E-state index contributed by atoms with van der Waals surface area (Å²) in [5.74, 6) is 8.83. The largest absolute Gasteiger partial charge is 0.381 e. The summed E-state index contributed by atoms with van der Waals surface area (Å²) < 4.78 is 7.06. The normalized spacial score (nSPS) is 17.5. The lowest BCUT2D eigenvalue weighted by Crippen LogP contribution is -2.22. The number of nitrogens with zero attached hydrogens (tertiary/aromatic N) is 3. The Morgan fingerprint density at radius 3 is 2.73 bits per heavy atom. The Morgan fingerprint density at radius 1 is 1.27 bits per heavy atom. The van der Waals surface area contributed by atoms with E-state index in [1.165, 1.54) is 5.56 Å². The van der Waals surface area contributed by atoms with Gasteiger partial charge in [-0.1, -0.05) is 49.0 Å². The zero-order chi connectivity index (χ0) is 15.4. The molecule has 0 unspecified atom stereocenters. The third-order valence-electron chi connectivity index (χ3n) is 4.11. The minimum absolute atomic E-state index is 0.368. The molecule has 6 heteroatoms. The molecule has 0 amide bonds. The smallest absolute Gasteiger partial charge is 0.209 e. The molecule has 1 aliphatic heterocycles. The third-order valence-corrected chi connectivity index (χ3v) is 5.31. The predicted molar refractivity (Wildman–Crippen MR) is 88.5 cm³/mol. The van der Waals surface area contributed by atoms with Crippen molar-refractivity contribution in [3.8, 4) is 0 Å². The molecule has 1 aromatic carbocycles. The van der Waals surface area contributed by atoms with Gasteiger partial charge in [0.2, 0.25) is 5.16 Å². The molecule has 2 N–H and O–H groups in total. The van der Waals surface area contributed by atoms with Crippen LogP contribution in [0.4, 0.5) is 0 Å². The average molecular weight is 318 g/mol. The van der Waals surface area contributed by atoms with E-state index in [-0.39, 0.29) is 0 Å². The summed E-state index contributed by atoms with van der Waals surface area (Å²) in [7, 11) is 0. The Bertz CT molecular complexity index is 595. The SMILES string of the molecule is C[C@@H](CSc1nnc(C2CCOCC2)n1N)c1ccccc1. The maximum absolute atomic E-state index is 6.19. The topological polar surface area (TPSA) is 66.0 Å². The molecule has 2 heterocycles. The molecule has 5 nitrogen and oxygen atoms in total. The predicted octanol–water partition coefficient (Wildman–Crippen LogP) is 2.78. The van der Waals surface area contributed by atoms with Crippen LogP contribution in [-0.4, -0.2) is 33.8 Å². The van der Waals surface area contributed by atoms with Gasteiger partial charge in [-0.05, 0) is 24.3 Å². The highest BCUT2D eigenvalue weighted by Crippen LogP contribution is 2.29. The molecule has 0 radical (unpaired) electrons. The number of thioether (sulfide) groups is 1. The molecule has 0 spiro atoms. The number of ether oxygens (including phenoxy) is 1. The van der Waals surface area contributed by atoms with Gasteiger partial charge in [-0.3, -0.25) is 0 Å². The molecule has 1 aromatic heterocycles. The van der Waals surface area contributed by atoms with Crippen molar-refractivity contribution in [2.45, 2.75) is 36.8 Å². The Balaban J connectivity index is 1.62. The van der Waals surface area contributed by atoms with E-state index in [1.54, 1.807) is 16.4 Å². The number of nitrogens with two attached hydrogens (primary N) is 1. The van der Waals surface area contributed by atoms with Crippen LogP contribution in [0.15, 0.2) is 35.5 Å². The fraction of sp³-hybridized carbons (Fsp3) is 0.500. The van der Waals surface area contributed by atoms with Crippen molar-refractivity contribution in [1.82, 2.24) is 14.9 Å². The summed E-state index contributed by atoms with van der Waals surface area (Å²) in [6, 6.07) is 10.5. The van der Waals surface area contributed by atoms with Gasteiger partial charge >= 0.3 is 0 Å². The van der Waals surface area contributed by atoms with Gasteiger partial charge in [0.25, 0.3) is 0 Å². The zero-order valence-corrected chi connectivity index (χ0v) is 13.6. The van der Waals surface area contributed by atoms with Crippen molar-refractivity contribution >= 4 is 11.8 Å². The Hall–Kier alpha value is -1.53. The second-order valence-corrected chi connectivity index (χ2v) is 6.71. The van der Waals surface area contributed by atoms with Gasteiger partial charge in [0.1, 0.15) is 0 Å². The van der Waals surface area contributed by atoms with Crippen molar-refractivity contribution in [3.05, 3.63) is 41.7 Å². The molecule has 0 saturated carbocycles. The van der Waals surface area contributed by atoms with E-state index in [4.69, 9.17) is 10.6 Å². The molecule has 0 bridgehead atoms. The van der Waals surface area contributed by atoms with Gasteiger partial charge in [-0.25, -0.2) is 4.68 Å². The summed E-state index contributed by atoms with van der Waals surface area (Å²) in [6.07, 6.45) is 1.95. The Labute approximate surface area is 135 Å². The first-order valence-electron chi connectivity index (χ1n) is 7.71. The standard InChI is InChI=1S/C16H22N4OS/c1-12(13-5-3-2-4-6-13)11-22-16-19-18-15(20(16)17)14-7-9-21-10-8-14/h2-6,12,14H,7-11,17H2,1H3/t12-/m0/s1. The molecule has 1 fully saturated rings. The van der Waals surface area contributed by atoms with Crippen LogP contribution in [-0.2, 0) is 4.74 Å². The van der Waals surface area contributed by atoms with Gasteiger partial charge in [0.15, 0.2) is 5.82 Å². The van der Waals surface area contributed by atoms with Crippen LogP contribution in [0, 0.1) is 0 Å². The van der Waals surface area contributed by atoms with Crippen LogP contribution in [0.5, 0.6) is 0 Å². The molecular weight excluding hydrogens is 296 g/mol. The van der Waals surface area contributed by atoms with Crippen LogP contribution >= 0.6 is 11.8 Å². The number of hydrogen-bond donors (Lipinski definition) is 1. The molecule has 1 aliphatic rings. The Morgan fingerprint density at radius 2 is 2.00 bits per heavy atom. The first kappa shape index (κ1) is 15.4. The molecule has 1 saturated heterocycles. The van der Waals surface area contributed by atoms with E-state index in [9.17, 15) is 0 Å². The van der Waals surface area contributed by atoms with Crippen LogP contribution in [0.3, 0.4) is 0 Å². The van der Waals surface area contributed by atoms with Crippen LogP contribution < -0.4 is 5.84 Å². The lowest BCUT2D eigenvalue weighted by molar-refractivity contribution is 0.0830. The summed E-state index contributed by atoms with van der Waals surface area (Å²) in [5.41, 5.74) is 1.34. The lowest BCUT2D eigenvalue weighted by Gasteiger charge is -2.20. The van der Waals surface area contributed by atoms with E-state index in [0.717, 1.165) is 42.8 Å². The quantitative estimate of drug-likeness (QED) is 0.678. The lowest BCUT2D eigenvalue weighted by atomic mass is 10.00. The summed E-state index contributed by atoms with van der Waals surface area (Å²) >= 11 is 1.67. The van der Waals surface area contributed by atoms with Gasteiger partial charge in [-0.2, -0.15) is 0 Å². The highest BCUT2D eigenvalue weighted by atomic mass is 32.2. The fourth-order valence-corrected chi connectivity index (χ4v) is 3.62. The van der Waals surface area contributed by atoms with Crippen LogP contribution in [0.2, 0.25) is 0 Å². The molecule has 3 rings (SSSR count). The molecule has 22 heavy (non-hydrogen) atoms. The first-order chi connectivity index (χ1) is 10.8. The number of benzene rings is 1. The molecule has 118 valence electrons. The molecule has 1 atom stereocenters. The number of nitrogen functional groups attached to an aromatic ring is 1. The molecule has 2 aromatic rings. The van der Waals surface area contributed by atoms with E-state index in [0.29, 0.717) is 11.8 Å². The van der Waals surface area contributed by atoms with Gasteiger partial charge in [-0.15, -0.1) is 10.2 Å². The zero-order valence-electron chi connectivity index (χ0n) is 12.8. The second-order valence-electron chi connectivity index (χ2n) is 5.72. The van der Waals surface area contributed by atoms with Crippen LogP contribution in [0.1, 0.15) is 43.0 Å². The fourth-order valence-electron chi connectivity index (χ4n) is 2.70. The van der Waals surface area contributed by atoms with Crippen molar-refractivity contribution in [3.63, 3.8) is 0 Å². The van der Waals surface area contributed by atoms with E-state index < -0.39 is 0 Å². The van der Waals surface area contributed by atoms with Gasteiger partial charge < -0.3 is 10.6 Å². The summed E-state index contributed by atoms with van der Waals surface area (Å²) in [6.45, 7) is 3.79.